The maximum absolute atomic E-state index is 14.0. The second-order valence-electron chi connectivity index (χ2n) is 22.5. The zero-order valence-corrected chi connectivity index (χ0v) is 43.1. The third-order valence-electron chi connectivity index (χ3n) is 18.5. The zero-order chi connectivity index (χ0) is 53.4. The van der Waals surface area contributed by atoms with E-state index in [9.17, 15) is 44.6 Å². The number of carbonyl (C=O) groups excluding carboxylic acids is 3. The van der Waals surface area contributed by atoms with Gasteiger partial charge in [-0.3, -0.25) is 14.9 Å². The molecule has 5 aliphatic carbocycles. The first-order valence-electron chi connectivity index (χ1n) is 27.0. The summed E-state index contributed by atoms with van der Waals surface area (Å²) in [6, 6.07) is 23.9. The second-order valence-corrected chi connectivity index (χ2v) is 22.5. The summed E-state index contributed by atoms with van der Waals surface area (Å²) in [6.45, 7) is 4.64. The van der Waals surface area contributed by atoms with Gasteiger partial charge in [0.1, 0.15) is 19.3 Å². The Morgan fingerprint density at radius 3 is 2.29 bits per heavy atom. The number of non-ortho nitro benzene ring substituents is 1. The van der Waals surface area contributed by atoms with Crippen LogP contribution in [0.1, 0.15) is 125 Å². The lowest BCUT2D eigenvalue weighted by Crippen LogP contribution is -2.60. The average Bonchev–Trinajstić information content (AvgIpc) is 3.89. The minimum atomic E-state index is -1.46. The van der Waals surface area contributed by atoms with Gasteiger partial charge in [-0.05, 0) is 145 Å². The molecule has 0 bridgehead atoms. The van der Waals surface area contributed by atoms with Crippen LogP contribution in [0.3, 0.4) is 0 Å². The fourth-order valence-electron chi connectivity index (χ4n) is 14.3. The van der Waals surface area contributed by atoms with E-state index in [1.165, 1.54) is 35.9 Å². The van der Waals surface area contributed by atoms with Crippen LogP contribution in [0, 0.1) is 38.7 Å². The maximum Gasteiger partial charge on any atom is 0.408 e. The number of ketones is 1. The molecule has 3 unspecified atom stereocenters. The van der Waals surface area contributed by atoms with Crippen LogP contribution < -0.4 is 16.3 Å². The molecular formula is C59H69N3O14. The summed E-state index contributed by atoms with van der Waals surface area (Å²) in [5.74, 6) is -0.842. The van der Waals surface area contributed by atoms with Gasteiger partial charge in [-0.1, -0.05) is 74.0 Å². The molecule has 3 aromatic carbocycles. The van der Waals surface area contributed by atoms with Gasteiger partial charge >= 0.3 is 17.8 Å². The molecule has 2 amide bonds. The van der Waals surface area contributed by atoms with Crippen LogP contribution >= 0.6 is 0 Å². The number of nitro groups is 1. The molecule has 4 aromatic rings. The Bertz CT molecular complexity index is 2820. The molecule has 10 rings (SSSR count). The summed E-state index contributed by atoms with van der Waals surface area (Å²) in [5.41, 5.74) is 5.36. The lowest BCUT2D eigenvalue weighted by atomic mass is 9.45. The minimum absolute atomic E-state index is 0.0891. The van der Waals surface area contributed by atoms with Crippen molar-refractivity contribution in [1.82, 2.24) is 10.6 Å². The third kappa shape index (κ3) is 10.4. The lowest BCUT2D eigenvalue weighted by molar-refractivity contribution is -0.384. The van der Waals surface area contributed by atoms with Crippen LogP contribution in [0.4, 0.5) is 15.3 Å². The number of unbranched alkanes of at least 4 members (excludes halogenated alkanes) is 1. The Kier molecular flexibility index (Phi) is 15.4. The highest BCUT2D eigenvalue weighted by Crippen LogP contribution is 2.70. The molecule has 2 heterocycles. The van der Waals surface area contributed by atoms with E-state index in [2.05, 4.69) is 42.7 Å². The van der Waals surface area contributed by atoms with E-state index in [4.69, 9.17) is 23.4 Å². The van der Waals surface area contributed by atoms with Crippen LogP contribution in [0.5, 0.6) is 0 Å². The highest BCUT2D eigenvalue weighted by molar-refractivity contribution is 5.87. The number of rotatable bonds is 17. The number of benzene rings is 3. The van der Waals surface area contributed by atoms with Gasteiger partial charge in [0.2, 0.25) is 0 Å². The number of allylic oxidation sites excluding steroid dienone is 1. The van der Waals surface area contributed by atoms with Gasteiger partial charge in [-0.25, -0.2) is 14.4 Å². The Labute approximate surface area is 441 Å². The van der Waals surface area contributed by atoms with Crippen LogP contribution in [0.15, 0.2) is 112 Å². The number of Topliss-reactive ketones (excluding diaryl/α,β-unsaturated/α-hetero) is 1. The number of amides is 2. The number of carbonyl (C=O) groups is 3. The molecule has 76 heavy (non-hydrogen) atoms. The van der Waals surface area contributed by atoms with Crippen molar-refractivity contribution in [3.05, 3.63) is 146 Å². The van der Waals surface area contributed by atoms with Crippen LogP contribution in [-0.4, -0.2) is 94.2 Å². The predicted octanol–water partition coefficient (Wildman–Crippen LogP) is 8.75. The van der Waals surface area contributed by atoms with Crippen LogP contribution in [-0.2, 0) is 30.3 Å². The van der Waals surface area contributed by atoms with Gasteiger partial charge < -0.3 is 49.3 Å². The highest BCUT2D eigenvalue weighted by Gasteiger charge is 2.67. The van der Waals surface area contributed by atoms with E-state index in [0.717, 1.165) is 66.3 Å². The lowest BCUT2D eigenvalue weighted by Gasteiger charge is -2.62. The fourth-order valence-corrected chi connectivity index (χ4v) is 14.3. The van der Waals surface area contributed by atoms with Crippen molar-refractivity contribution in [2.45, 2.75) is 146 Å². The third-order valence-corrected chi connectivity index (χ3v) is 18.5. The van der Waals surface area contributed by atoms with Gasteiger partial charge in [-0.2, -0.15) is 0 Å². The molecule has 12 atom stereocenters. The van der Waals surface area contributed by atoms with Crippen molar-refractivity contribution >= 4 is 23.7 Å². The van der Waals surface area contributed by atoms with Crippen molar-refractivity contribution in [2.75, 3.05) is 19.8 Å². The average molecular weight is 1040 g/mol. The van der Waals surface area contributed by atoms with Crippen molar-refractivity contribution in [3.63, 3.8) is 0 Å². The fraction of sp³-hybridized carbons (Fsp3) is 0.525. The van der Waals surface area contributed by atoms with Crippen molar-refractivity contribution in [1.29, 1.82) is 0 Å². The first-order chi connectivity index (χ1) is 36.6. The number of nitrogens with one attached hydrogen (secondary N) is 2. The number of nitrogens with zero attached hydrogens (tertiary/aromatic N) is 1. The molecule has 17 nitrogen and oxygen atoms in total. The molecule has 1 aliphatic heterocycles. The predicted molar refractivity (Wildman–Crippen MR) is 278 cm³/mol. The molecule has 17 heteroatoms. The first kappa shape index (κ1) is 53.2. The van der Waals surface area contributed by atoms with E-state index in [1.54, 1.807) is 6.26 Å². The van der Waals surface area contributed by atoms with Gasteiger partial charge in [0, 0.05) is 48.4 Å². The largest absolute Gasteiger partial charge is 0.449 e. The number of ether oxygens (including phenoxy) is 4. The molecule has 1 aromatic heterocycles. The van der Waals surface area contributed by atoms with E-state index in [1.807, 2.05) is 42.5 Å². The Hall–Kier alpha value is -6.24. The maximum atomic E-state index is 14.0. The van der Waals surface area contributed by atoms with Gasteiger partial charge in [0.05, 0.1) is 41.6 Å². The van der Waals surface area contributed by atoms with Crippen LogP contribution in [0.25, 0.3) is 11.1 Å². The zero-order valence-electron chi connectivity index (χ0n) is 43.1. The normalized spacial score (nSPS) is 30.8. The van der Waals surface area contributed by atoms with E-state index in [0.29, 0.717) is 31.2 Å². The van der Waals surface area contributed by atoms with E-state index >= 15 is 0 Å². The number of alkyl carbamates (subject to hydrolysis) is 2. The SMILES string of the molecule is C[C@]12CC[C@H](O[C@H]3OC[C@H](CC(=O)[C@H](CCCCNC(=O)OCC4c5ccccc5-c5ccccc54)NC(=O)OCc4ccc([N+](=O)[O-])cc4)[C@H](O)C3O)C=C1CCC1C2CC[C@]2(C)[C@@H](c3ccc(=O)oc3)CC[C@]12O. The Morgan fingerprint density at radius 2 is 1.58 bits per heavy atom. The molecule has 404 valence electrons. The van der Waals surface area contributed by atoms with E-state index in [-0.39, 0.29) is 91.1 Å². The van der Waals surface area contributed by atoms with Crippen LogP contribution in [0.2, 0.25) is 0 Å². The van der Waals surface area contributed by atoms with Crippen molar-refractivity contribution in [3.8, 4) is 11.1 Å². The second kappa shape index (κ2) is 22.0. The topological polar surface area (TPSA) is 246 Å². The standard InChI is InChI=1S/C59H69N3O14/c1-57-25-22-40(30-38(57)17-20-48-47(57)23-26-58(2)46(24-27-59(48,58)69)36-16-21-51(64)72-32-36)76-54-53(66)52(65)37(33-73-54)29-50(63)49(61-56(68)74-31-35-14-18-39(19-15-35)62(70)71)13-7-8-28-60-55(67)75-34-45-43-11-5-3-9-41(43)42-10-4-6-12-44(42)45/h3-6,9-12,14-16,18-19,21,30,32,37,40,45-49,52-54,65-66,69H,7-8,13,17,20,22-29,31,33-34H2,1-2H3,(H,60,67)(H,61,68)/t37-,40-,46+,47?,48?,49-,52-,53?,54+,57-,58+,59-/m0/s1. The monoisotopic (exact) mass is 1040 g/mol. The molecule has 5 N–H and O–H groups in total. The smallest absolute Gasteiger partial charge is 0.408 e. The van der Waals surface area contributed by atoms with E-state index < -0.39 is 59.0 Å². The first-order valence-corrected chi connectivity index (χ1v) is 27.0. The molecule has 0 spiro atoms. The highest BCUT2D eigenvalue weighted by atomic mass is 16.7. The number of fused-ring (bicyclic) bond motifs is 8. The summed E-state index contributed by atoms with van der Waals surface area (Å²) in [4.78, 5) is 62.4. The summed E-state index contributed by atoms with van der Waals surface area (Å²) in [5, 5.41) is 52.2. The molecule has 3 saturated carbocycles. The summed E-state index contributed by atoms with van der Waals surface area (Å²) in [7, 11) is 0. The Morgan fingerprint density at radius 1 is 0.842 bits per heavy atom. The number of aliphatic hydroxyl groups excluding tert-OH is 2. The number of hydrogen-bond acceptors (Lipinski definition) is 14. The number of aliphatic hydroxyl groups is 3. The van der Waals surface area contributed by atoms with Crippen molar-refractivity contribution < 1.29 is 58.0 Å². The molecular weight excluding hydrogens is 975 g/mol. The summed E-state index contributed by atoms with van der Waals surface area (Å²) >= 11 is 0. The minimum Gasteiger partial charge on any atom is -0.449 e. The number of nitro benzene ring substituents is 1. The van der Waals surface area contributed by atoms with Gasteiger partial charge in [-0.15, -0.1) is 0 Å². The quantitative estimate of drug-likeness (QED) is 0.0287. The van der Waals surface area contributed by atoms with Gasteiger partial charge in [0.25, 0.3) is 5.69 Å². The Balaban J connectivity index is 0.722. The molecule has 1 saturated heterocycles. The molecule has 6 aliphatic rings. The van der Waals surface area contributed by atoms with Gasteiger partial charge in [0.15, 0.2) is 12.1 Å². The summed E-state index contributed by atoms with van der Waals surface area (Å²) in [6.07, 6.45) is 5.13. The van der Waals surface area contributed by atoms with Crippen molar-refractivity contribution in [2.24, 2.45) is 28.6 Å². The number of hydrogen-bond donors (Lipinski definition) is 5. The summed E-state index contributed by atoms with van der Waals surface area (Å²) < 4.78 is 28.8. The molecule has 0 radical (unpaired) electrons. The molecule has 4 fully saturated rings.